The minimum Gasteiger partial charge on any atom is -0.396 e. The molecule has 1 aromatic carbocycles. The number of nitrogens with zero attached hydrogens (tertiary/aromatic N) is 2. The van der Waals surface area contributed by atoms with Crippen LogP contribution in [0.4, 0.5) is 0 Å². The summed E-state index contributed by atoms with van der Waals surface area (Å²) in [5.74, 6) is 0. The van der Waals surface area contributed by atoms with E-state index < -0.39 is 0 Å². The topological polar surface area (TPSA) is 59.2 Å². The molecule has 1 saturated heterocycles. The largest absolute Gasteiger partial charge is 0.396 e. The summed E-state index contributed by atoms with van der Waals surface area (Å²) in [5, 5.41) is 12.3. The van der Waals surface area contributed by atoms with Crippen molar-refractivity contribution in [2.24, 2.45) is 7.05 Å². The van der Waals surface area contributed by atoms with E-state index in [2.05, 4.69) is 23.5 Å². The zero-order chi connectivity index (χ0) is 14.8. The molecule has 1 fully saturated rings. The standard InChI is InChI=1S/C16H23N3O2/c1-18-15-10-12(4-3-9-20)6-7-14(15)19(16(18)21)13-5-2-8-17-11-13/h6-7,10,13,17,20H,2-5,8-9,11H2,1H3. The zero-order valence-electron chi connectivity index (χ0n) is 12.5. The normalized spacial score (nSPS) is 19.2. The lowest BCUT2D eigenvalue weighted by Crippen LogP contribution is -2.36. The highest BCUT2D eigenvalue weighted by atomic mass is 16.2. The van der Waals surface area contributed by atoms with Crippen LogP contribution in [0.1, 0.15) is 30.9 Å². The third kappa shape index (κ3) is 2.63. The van der Waals surface area contributed by atoms with E-state index in [4.69, 9.17) is 5.11 Å². The number of nitrogens with one attached hydrogen (secondary N) is 1. The maximum atomic E-state index is 12.6. The van der Waals surface area contributed by atoms with Gasteiger partial charge in [-0.3, -0.25) is 9.13 Å². The Balaban J connectivity index is 2.04. The van der Waals surface area contributed by atoms with E-state index >= 15 is 0 Å². The Morgan fingerprint density at radius 2 is 2.24 bits per heavy atom. The summed E-state index contributed by atoms with van der Waals surface area (Å²) in [5.41, 5.74) is 3.24. The highest BCUT2D eigenvalue weighted by Gasteiger charge is 2.21. The molecule has 2 aromatic rings. The lowest BCUT2D eigenvalue weighted by Gasteiger charge is -2.24. The number of aromatic nitrogens is 2. The molecule has 0 saturated carbocycles. The number of aliphatic hydroxyl groups is 1. The second-order valence-corrected chi connectivity index (χ2v) is 5.86. The molecule has 0 radical (unpaired) electrons. The van der Waals surface area contributed by atoms with Crippen molar-refractivity contribution in [1.82, 2.24) is 14.5 Å². The molecular weight excluding hydrogens is 266 g/mol. The van der Waals surface area contributed by atoms with Crippen molar-refractivity contribution in [1.29, 1.82) is 0 Å². The fourth-order valence-electron chi connectivity index (χ4n) is 3.25. The van der Waals surface area contributed by atoms with Gasteiger partial charge in [0, 0.05) is 20.2 Å². The lowest BCUT2D eigenvalue weighted by molar-refractivity contribution is 0.288. The quantitative estimate of drug-likeness (QED) is 0.889. The van der Waals surface area contributed by atoms with Crippen LogP contribution in [0.15, 0.2) is 23.0 Å². The zero-order valence-corrected chi connectivity index (χ0v) is 12.5. The number of imidazole rings is 1. The number of hydrogen-bond acceptors (Lipinski definition) is 3. The van der Waals surface area contributed by atoms with Crippen LogP contribution in [0.5, 0.6) is 0 Å². The molecule has 1 aliphatic rings. The second kappa shape index (κ2) is 6.03. The van der Waals surface area contributed by atoms with Crippen LogP contribution >= 0.6 is 0 Å². The molecular formula is C16H23N3O2. The first kappa shape index (κ1) is 14.4. The number of fused-ring (bicyclic) bond motifs is 1. The number of aryl methyl sites for hydroxylation is 2. The maximum Gasteiger partial charge on any atom is 0.329 e. The third-order valence-corrected chi connectivity index (χ3v) is 4.41. The predicted molar refractivity (Wildman–Crippen MR) is 83.7 cm³/mol. The highest BCUT2D eigenvalue weighted by Crippen LogP contribution is 2.22. The van der Waals surface area contributed by atoms with E-state index in [9.17, 15) is 4.79 Å². The fourth-order valence-corrected chi connectivity index (χ4v) is 3.25. The minimum absolute atomic E-state index is 0.0676. The van der Waals surface area contributed by atoms with Gasteiger partial charge in [-0.2, -0.15) is 0 Å². The van der Waals surface area contributed by atoms with E-state index in [1.165, 1.54) is 5.56 Å². The van der Waals surface area contributed by atoms with Crippen molar-refractivity contribution < 1.29 is 5.11 Å². The Labute approximate surface area is 124 Å². The van der Waals surface area contributed by atoms with Crippen LogP contribution in [0, 0.1) is 0 Å². The predicted octanol–water partition coefficient (Wildman–Crippen LogP) is 1.19. The van der Waals surface area contributed by atoms with Gasteiger partial charge in [0.05, 0.1) is 17.1 Å². The van der Waals surface area contributed by atoms with Gasteiger partial charge >= 0.3 is 5.69 Å². The SMILES string of the molecule is Cn1c(=O)n(C2CCCNC2)c2ccc(CCCO)cc21. The van der Waals surface area contributed by atoms with E-state index in [0.717, 1.165) is 49.8 Å². The molecule has 1 aromatic heterocycles. The minimum atomic E-state index is 0.0676. The first-order valence-corrected chi connectivity index (χ1v) is 7.74. The summed E-state index contributed by atoms with van der Waals surface area (Å²) in [6.45, 7) is 2.11. The van der Waals surface area contributed by atoms with E-state index in [1.54, 1.807) is 4.57 Å². The second-order valence-electron chi connectivity index (χ2n) is 5.86. The summed E-state index contributed by atoms with van der Waals surface area (Å²) >= 11 is 0. The van der Waals surface area contributed by atoms with E-state index in [0.29, 0.717) is 0 Å². The average Bonchev–Trinajstić information content (AvgIpc) is 2.78. The molecule has 114 valence electrons. The van der Waals surface area contributed by atoms with Gasteiger partial charge in [0.2, 0.25) is 0 Å². The lowest BCUT2D eigenvalue weighted by atomic mass is 10.1. The summed E-state index contributed by atoms with van der Waals surface area (Å²) in [6, 6.07) is 6.46. The molecule has 1 atom stereocenters. The Bertz CT molecular complexity index is 681. The molecule has 1 aliphatic heterocycles. The summed E-state index contributed by atoms with van der Waals surface area (Å²) in [6.07, 6.45) is 3.77. The number of aliphatic hydroxyl groups excluding tert-OH is 1. The van der Waals surface area contributed by atoms with Gasteiger partial charge < -0.3 is 10.4 Å². The van der Waals surface area contributed by atoms with E-state index in [1.807, 2.05) is 11.6 Å². The molecule has 2 N–H and O–H groups in total. The molecule has 3 rings (SSSR count). The number of rotatable bonds is 4. The van der Waals surface area contributed by atoms with Crippen molar-refractivity contribution in [3.63, 3.8) is 0 Å². The van der Waals surface area contributed by atoms with Crippen molar-refractivity contribution >= 4 is 11.0 Å². The number of benzene rings is 1. The Hall–Kier alpha value is -1.59. The monoisotopic (exact) mass is 289 g/mol. The third-order valence-electron chi connectivity index (χ3n) is 4.41. The smallest absolute Gasteiger partial charge is 0.329 e. The van der Waals surface area contributed by atoms with Crippen LogP contribution in [-0.4, -0.2) is 33.9 Å². The van der Waals surface area contributed by atoms with Crippen LogP contribution in [-0.2, 0) is 13.5 Å². The highest BCUT2D eigenvalue weighted by molar-refractivity contribution is 5.77. The van der Waals surface area contributed by atoms with Crippen LogP contribution in [0.25, 0.3) is 11.0 Å². The first-order chi connectivity index (χ1) is 10.2. The number of piperidine rings is 1. The van der Waals surface area contributed by atoms with Gasteiger partial charge in [0.25, 0.3) is 0 Å². The van der Waals surface area contributed by atoms with Gasteiger partial charge in [0.1, 0.15) is 0 Å². The van der Waals surface area contributed by atoms with Gasteiger partial charge in [-0.1, -0.05) is 6.07 Å². The molecule has 21 heavy (non-hydrogen) atoms. The van der Waals surface area contributed by atoms with Crippen LogP contribution in [0.3, 0.4) is 0 Å². The first-order valence-electron chi connectivity index (χ1n) is 7.74. The molecule has 0 spiro atoms. The van der Waals surface area contributed by atoms with Crippen molar-refractivity contribution in [2.45, 2.75) is 31.7 Å². The Morgan fingerprint density at radius 3 is 2.95 bits per heavy atom. The van der Waals surface area contributed by atoms with Gasteiger partial charge in [-0.15, -0.1) is 0 Å². The van der Waals surface area contributed by atoms with Crippen molar-refractivity contribution in [3.8, 4) is 0 Å². The van der Waals surface area contributed by atoms with Gasteiger partial charge in [0.15, 0.2) is 0 Å². The molecule has 0 bridgehead atoms. The number of hydrogen-bond donors (Lipinski definition) is 2. The Morgan fingerprint density at radius 1 is 1.38 bits per heavy atom. The van der Waals surface area contributed by atoms with Gasteiger partial charge in [-0.05, 0) is 49.9 Å². The Kier molecular flexibility index (Phi) is 4.12. The fraction of sp³-hybridized carbons (Fsp3) is 0.562. The van der Waals surface area contributed by atoms with Crippen molar-refractivity contribution in [3.05, 3.63) is 34.2 Å². The summed E-state index contributed by atoms with van der Waals surface area (Å²) in [7, 11) is 1.84. The van der Waals surface area contributed by atoms with E-state index in [-0.39, 0.29) is 18.3 Å². The molecule has 5 nitrogen and oxygen atoms in total. The summed E-state index contributed by atoms with van der Waals surface area (Å²) < 4.78 is 3.68. The molecule has 0 amide bonds. The van der Waals surface area contributed by atoms with Crippen molar-refractivity contribution in [2.75, 3.05) is 19.7 Å². The molecule has 0 aliphatic carbocycles. The van der Waals surface area contributed by atoms with Gasteiger partial charge in [-0.25, -0.2) is 4.79 Å². The molecule has 5 heteroatoms. The van der Waals surface area contributed by atoms with Crippen LogP contribution in [0.2, 0.25) is 0 Å². The average molecular weight is 289 g/mol. The summed E-state index contributed by atoms with van der Waals surface area (Å²) in [4.78, 5) is 12.6. The molecule has 2 heterocycles. The maximum absolute atomic E-state index is 12.6. The molecule has 1 unspecified atom stereocenters. The van der Waals surface area contributed by atoms with Crippen LogP contribution < -0.4 is 11.0 Å².